The molecule has 0 aliphatic carbocycles. The molecule has 6 heteroatoms. The Bertz CT molecular complexity index is 969. The van der Waals surface area contributed by atoms with Crippen molar-refractivity contribution in [2.75, 3.05) is 31.5 Å². The number of aliphatic hydroxyl groups is 1. The summed E-state index contributed by atoms with van der Waals surface area (Å²) in [7, 11) is 0. The zero-order chi connectivity index (χ0) is 23.2. The number of amides is 1. The smallest absolute Gasteiger partial charge is 0.219 e. The van der Waals surface area contributed by atoms with Gasteiger partial charge >= 0.3 is 0 Å². The van der Waals surface area contributed by atoms with E-state index < -0.39 is 6.10 Å². The van der Waals surface area contributed by atoms with Crippen LogP contribution in [0.15, 0.2) is 48.5 Å². The number of carbonyl (C=O) groups is 2. The molecule has 2 aliphatic heterocycles. The van der Waals surface area contributed by atoms with E-state index in [0.29, 0.717) is 31.0 Å². The molecule has 0 spiro atoms. The summed E-state index contributed by atoms with van der Waals surface area (Å²) in [6.45, 7) is 5.56. The van der Waals surface area contributed by atoms with E-state index in [1.54, 1.807) is 6.92 Å². The van der Waals surface area contributed by atoms with Crippen molar-refractivity contribution in [2.45, 2.75) is 57.7 Å². The van der Waals surface area contributed by atoms with Gasteiger partial charge in [0.2, 0.25) is 5.91 Å². The van der Waals surface area contributed by atoms with Gasteiger partial charge in [-0.15, -0.1) is 0 Å². The van der Waals surface area contributed by atoms with Crippen molar-refractivity contribution in [1.82, 2.24) is 9.80 Å². The first-order valence-electron chi connectivity index (χ1n) is 12.1. The number of Topliss-reactive ketones (excluding diaryl/α,β-unsaturated/α-hetero) is 1. The molecule has 1 saturated heterocycles. The molecule has 6 nitrogen and oxygen atoms in total. The molecule has 0 aromatic heterocycles. The van der Waals surface area contributed by atoms with E-state index in [-0.39, 0.29) is 11.7 Å². The third-order valence-electron chi connectivity index (χ3n) is 6.88. The molecule has 0 saturated carbocycles. The maximum absolute atomic E-state index is 12.8. The zero-order valence-electron chi connectivity index (χ0n) is 19.5. The number of β-amino-alcohol motifs (C(OH)–C–C–N with tert-alkyl or cyclic N) is 1. The van der Waals surface area contributed by atoms with Gasteiger partial charge in [-0.05, 0) is 48.9 Å². The van der Waals surface area contributed by atoms with E-state index >= 15 is 0 Å². The number of anilines is 1. The normalized spacial score (nSPS) is 17.9. The Balaban J connectivity index is 1.23. The molecule has 176 valence electrons. The van der Waals surface area contributed by atoms with Gasteiger partial charge in [0, 0.05) is 63.4 Å². The zero-order valence-corrected chi connectivity index (χ0v) is 19.5. The van der Waals surface area contributed by atoms with Crippen LogP contribution in [0, 0.1) is 0 Å². The molecule has 1 amide bonds. The monoisotopic (exact) mass is 449 g/mol. The molecule has 1 atom stereocenters. The van der Waals surface area contributed by atoms with E-state index in [0.717, 1.165) is 51.1 Å². The lowest BCUT2D eigenvalue weighted by Crippen LogP contribution is -2.41. The summed E-state index contributed by atoms with van der Waals surface area (Å²) >= 11 is 0. The number of likely N-dealkylation sites (tertiary alicyclic amines) is 1. The quantitative estimate of drug-likeness (QED) is 0.604. The highest BCUT2D eigenvalue weighted by Crippen LogP contribution is 2.21. The summed E-state index contributed by atoms with van der Waals surface area (Å²) < 4.78 is 0. The summed E-state index contributed by atoms with van der Waals surface area (Å²) in [6.07, 6.45) is 3.13. The van der Waals surface area contributed by atoms with Crippen molar-refractivity contribution in [3.63, 3.8) is 0 Å². The van der Waals surface area contributed by atoms with Crippen LogP contribution in [0.3, 0.4) is 0 Å². The van der Waals surface area contributed by atoms with Gasteiger partial charge in [-0.25, -0.2) is 0 Å². The SMILES string of the molecule is CC(=O)N1CCC(Nc2cccc(C(=O)CC[C@H](O)CN3CCc4ccccc4C3)c2)CC1. The maximum Gasteiger partial charge on any atom is 0.219 e. The number of nitrogens with one attached hydrogen (secondary N) is 1. The molecule has 2 aromatic rings. The summed E-state index contributed by atoms with van der Waals surface area (Å²) in [5.41, 5.74) is 4.36. The standard InChI is InChI=1S/C27H35N3O3/c1-20(31)30-15-12-24(13-16-30)28-25-8-4-7-22(17-25)27(33)10-9-26(32)19-29-14-11-21-5-2-3-6-23(21)18-29/h2-8,17,24,26,28,32H,9-16,18-19H2,1H3/t26-/m0/s1. The largest absolute Gasteiger partial charge is 0.392 e. The van der Waals surface area contributed by atoms with Crippen molar-refractivity contribution in [2.24, 2.45) is 0 Å². The highest BCUT2D eigenvalue weighted by atomic mass is 16.3. The van der Waals surface area contributed by atoms with Crippen LogP contribution in [-0.4, -0.2) is 64.9 Å². The number of nitrogens with zero attached hydrogens (tertiary/aromatic N) is 2. The van der Waals surface area contributed by atoms with Crippen molar-refractivity contribution in [3.05, 3.63) is 65.2 Å². The van der Waals surface area contributed by atoms with Gasteiger partial charge in [0.05, 0.1) is 6.10 Å². The lowest BCUT2D eigenvalue weighted by atomic mass is 9.99. The van der Waals surface area contributed by atoms with Crippen molar-refractivity contribution < 1.29 is 14.7 Å². The molecule has 33 heavy (non-hydrogen) atoms. The van der Waals surface area contributed by atoms with Gasteiger partial charge in [0.1, 0.15) is 0 Å². The maximum atomic E-state index is 12.8. The van der Waals surface area contributed by atoms with Crippen molar-refractivity contribution in [1.29, 1.82) is 0 Å². The molecule has 2 N–H and O–H groups in total. The Morgan fingerprint density at radius 1 is 1.06 bits per heavy atom. The van der Waals surface area contributed by atoms with Crippen LogP contribution in [0.5, 0.6) is 0 Å². The van der Waals surface area contributed by atoms with E-state index in [2.05, 4.69) is 34.5 Å². The van der Waals surface area contributed by atoms with Crippen LogP contribution in [0.2, 0.25) is 0 Å². The van der Waals surface area contributed by atoms with Gasteiger partial charge in [0.15, 0.2) is 5.78 Å². The molecule has 0 radical (unpaired) electrons. The average molecular weight is 450 g/mol. The molecular weight excluding hydrogens is 414 g/mol. The molecule has 2 aliphatic rings. The first kappa shape index (κ1) is 23.5. The fraction of sp³-hybridized carbons (Fsp3) is 0.481. The predicted octanol–water partition coefficient (Wildman–Crippen LogP) is 3.49. The highest BCUT2D eigenvalue weighted by molar-refractivity contribution is 5.96. The lowest BCUT2D eigenvalue weighted by Gasteiger charge is -2.32. The number of aliphatic hydroxyl groups excluding tert-OH is 1. The minimum atomic E-state index is -0.507. The van der Waals surface area contributed by atoms with Crippen LogP contribution < -0.4 is 5.32 Å². The molecular formula is C27H35N3O3. The van der Waals surface area contributed by atoms with Crippen LogP contribution in [0.1, 0.15) is 54.1 Å². The van der Waals surface area contributed by atoms with Crippen LogP contribution in [0.4, 0.5) is 5.69 Å². The van der Waals surface area contributed by atoms with E-state index in [1.165, 1.54) is 11.1 Å². The number of piperidine rings is 1. The molecule has 2 aromatic carbocycles. The van der Waals surface area contributed by atoms with Gasteiger partial charge in [-0.1, -0.05) is 36.4 Å². The number of carbonyl (C=O) groups excluding carboxylic acids is 2. The number of ketones is 1. The minimum Gasteiger partial charge on any atom is -0.392 e. The topological polar surface area (TPSA) is 72.9 Å². The average Bonchev–Trinajstić information content (AvgIpc) is 2.83. The second-order valence-electron chi connectivity index (χ2n) is 9.37. The van der Waals surface area contributed by atoms with E-state index in [1.807, 2.05) is 29.2 Å². The fourth-order valence-corrected chi connectivity index (χ4v) is 4.90. The van der Waals surface area contributed by atoms with E-state index in [4.69, 9.17) is 0 Å². The molecule has 1 fully saturated rings. The Hall–Kier alpha value is -2.70. The Morgan fingerprint density at radius 2 is 1.82 bits per heavy atom. The Morgan fingerprint density at radius 3 is 2.58 bits per heavy atom. The lowest BCUT2D eigenvalue weighted by molar-refractivity contribution is -0.129. The minimum absolute atomic E-state index is 0.0630. The molecule has 4 rings (SSSR count). The van der Waals surface area contributed by atoms with Gasteiger partial charge in [-0.2, -0.15) is 0 Å². The van der Waals surface area contributed by atoms with Crippen LogP contribution >= 0.6 is 0 Å². The van der Waals surface area contributed by atoms with Crippen molar-refractivity contribution in [3.8, 4) is 0 Å². The van der Waals surface area contributed by atoms with Crippen LogP contribution in [0.25, 0.3) is 0 Å². The molecule has 0 bridgehead atoms. The summed E-state index contributed by atoms with van der Waals surface area (Å²) in [6, 6.07) is 16.4. The summed E-state index contributed by atoms with van der Waals surface area (Å²) in [4.78, 5) is 28.4. The van der Waals surface area contributed by atoms with Gasteiger partial charge in [-0.3, -0.25) is 14.5 Å². The third-order valence-corrected chi connectivity index (χ3v) is 6.88. The second kappa shape index (κ2) is 10.9. The second-order valence-corrected chi connectivity index (χ2v) is 9.37. The fourth-order valence-electron chi connectivity index (χ4n) is 4.90. The number of benzene rings is 2. The first-order chi connectivity index (χ1) is 16.0. The third kappa shape index (κ3) is 6.42. The molecule has 2 heterocycles. The van der Waals surface area contributed by atoms with Crippen molar-refractivity contribution >= 4 is 17.4 Å². The van der Waals surface area contributed by atoms with Crippen LogP contribution in [-0.2, 0) is 17.8 Å². The summed E-state index contributed by atoms with van der Waals surface area (Å²) in [5.74, 6) is 0.196. The summed E-state index contributed by atoms with van der Waals surface area (Å²) in [5, 5.41) is 14.1. The number of hydrogen-bond donors (Lipinski definition) is 2. The molecule has 0 unspecified atom stereocenters. The Kier molecular flexibility index (Phi) is 7.78. The Labute approximate surface area is 196 Å². The van der Waals surface area contributed by atoms with Gasteiger partial charge < -0.3 is 15.3 Å². The number of hydrogen-bond acceptors (Lipinski definition) is 5. The predicted molar refractivity (Wildman–Crippen MR) is 130 cm³/mol. The first-order valence-corrected chi connectivity index (χ1v) is 12.1. The number of rotatable bonds is 8. The number of fused-ring (bicyclic) bond motifs is 1. The highest BCUT2D eigenvalue weighted by Gasteiger charge is 2.21. The van der Waals surface area contributed by atoms with Gasteiger partial charge in [0.25, 0.3) is 0 Å². The van der Waals surface area contributed by atoms with E-state index in [9.17, 15) is 14.7 Å².